The zero-order valence-electron chi connectivity index (χ0n) is 14.1. The van der Waals surface area contributed by atoms with Crippen molar-refractivity contribution in [1.82, 2.24) is 20.9 Å². The van der Waals surface area contributed by atoms with Gasteiger partial charge in [-0.3, -0.25) is 9.79 Å². The molecule has 0 fully saturated rings. The molecule has 3 N–H and O–H groups in total. The normalized spacial score (nSPS) is 10.8. The average Bonchev–Trinajstić information content (AvgIpc) is 2.90. The lowest BCUT2D eigenvalue weighted by molar-refractivity contribution is -0.120. The van der Waals surface area contributed by atoms with Gasteiger partial charge in [0.15, 0.2) is 5.96 Å². The summed E-state index contributed by atoms with van der Waals surface area (Å²) in [6.45, 7) is 8.92. The lowest BCUT2D eigenvalue weighted by Gasteiger charge is -2.11. The minimum Gasteiger partial charge on any atom is -0.357 e. The fourth-order valence-corrected chi connectivity index (χ4v) is 2.55. The SMILES string of the molecule is CCCNC(=O)CCNC(=NCCc1ncc(C)s1)NCC.I. The van der Waals surface area contributed by atoms with E-state index < -0.39 is 0 Å². The van der Waals surface area contributed by atoms with Gasteiger partial charge in [0.1, 0.15) is 0 Å². The summed E-state index contributed by atoms with van der Waals surface area (Å²) < 4.78 is 0. The zero-order valence-corrected chi connectivity index (χ0v) is 17.3. The summed E-state index contributed by atoms with van der Waals surface area (Å²) in [5, 5.41) is 10.3. The highest BCUT2D eigenvalue weighted by atomic mass is 127. The number of carbonyl (C=O) groups is 1. The lowest BCUT2D eigenvalue weighted by Crippen LogP contribution is -2.39. The summed E-state index contributed by atoms with van der Waals surface area (Å²) >= 11 is 1.71. The Bertz CT molecular complexity index is 478. The van der Waals surface area contributed by atoms with Crippen LogP contribution in [0.5, 0.6) is 0 Å². The number of thiazole rings is 1. The van der Waals surface area contributed by atoms with Gasteiger partial charge < -0.3 is 16.0 Å². The van der Waals surface area contributed by atoms with Crippen molar-refractivity contribution in [3.63, 3.8) is 0 Å². The van der Waals surface area contributed by atoms with Crippen LogP contribution in [0.2, 0.25) is 0 Å². The Balaban J connectivity index is 0.00000484. The standard InChI is InChI=1S/C15H27N5OS.HI/c1-4-8-17-13(21)6-9-18-15(16-5-2)19-10-7-14-20-11-12(3)22-14;/h11H,4-10H2,1-3H3,(H,17,21)(H2,16,18,19);1H. The second kappa shape index (κ2) is 13.5. The van der Waals surface area contributed by atoms with Gasteiger partial charge in [0.05, 0.1) is 5.01 Å². The molecule has 6 nitrogen and oxygen atoms in total. The minimum absolute atomic E-state index is 0. The molecule has 0 aliphatic heterocycles. The van der Waals surface area contributed by atoms with Crippen molar-refractivity contribution in [3.05, 3.63) is 16.1 Å². The predicted molar refractivity (Wildman–Crippen MR) is 108 cm³/mol. The molecule has 1 amide bonds. The maximum Gasteiger partial charge on any atom is 0.221 e. The van der Waals surface area contributed by atoms with Crippen LogP contribution in [0.15, 0.2) is 11.2 Å². The summed E-state index contributed by atoms with van der Waals surface area (Å²) in [6, 6.07) is 0. The molecular formula is C15H28IN5OS. The number of aromatic nitrogens is 1. The van der Waals surface area contributed by atoms with Crippen LogP contribution in [0.3, 0.4) is 0 Å². The Kier molecular flexibility index (Phi) is 13.0. The van der Waals surface area contributed by atoms with Crippen molar-refractivity contribution in [2.24, 2.45) is 4.99 Å². The van der Waals surface area contributed by atoms with Gasteiger partial charge in [-0.25, -0.2) is 4.98 Å². The summed E-state index contributed by atoms with van der Waals surface area (Å²) in [6.07, 6.45) is 4.14. The Hall–Kier alpha value is -0.900. The van der Waals surface area contributed by atoms with Gasteiger partial charge in [0, 0.05) is 50.1 Å². The molecule has 8 heteroatoms. The van der Waals surface area contributed by atoms with E-state index in [-0.39, 0.29) is 29.9 Å². The van der Waals surface area contributed by atoms with Crippen LogP contribution in [-0.4, -0.2) is 43.0 Å². The van der Waals surface area contributed by atoms with E-state index in [1.165, 1.54) is 4.88 Å². The Morgan fingerprint density at radius 2 is 2.04 bits per heavy atom. The van der Waals surface area contributed by atoms with Crippen molar-refractivity contribution in [1.29, 1.82) is 0 Å². The Labute approximate surface area is 160 Å². The van der Waals surface area contributed by atoms with Crippen molar-refractivity contribution in [3.8, 4) is 0 Å². The minimum atomic E-state index is 0. The molecule has 1 aromatic heterocycles. The number of aliphatic imine (C=N–C) groups is 1. The van der Waals surface area contributed by atoms with E-state index in [1.54, 1.807) is 11.3 Å². The van der Waals surface area contributed by atoms with Crippen LogP contribution in [0.1, 0.15) is 36.6 Å². The number of hydrogen-bond donors (Lipinski definition) is 3. The van der Waals surface area contributed by atoms with E-state index in [0.717, 1.165) is 36.9 Å². The van der Waals surface area contributed by atoms with Crippen LogP contribution in [0.4, 0.5) is 0 Å². The van der Waals surface area contributed by atoms with E-state index in [9.17, 15) is 4.79 Å². The van der Waals surface area contributed by atoms with Crippen molar-refractivity contribution >= 4 is 47.2 Å². The maximum atomic E-state index is 11.5. The summed E-state index contributed by atoms with van der Waals surface area (Å²) in [5.41, 5.74) is 0. The van der Waals surface area contributed by atoms with E-state index >= 15 is 0 Å². The van der Waals surface area contributed by atoms with Crippen LogP contribution in [-0.2, 0) is 11.2 Å². The third kappa shape index (κ3) is 10.5. The smallest absolute Gasteiger partial charge is 0.221 e. The monoisotopic (exact) mass is 453 g/mol. The first-order chi connectivity index (χ1) is 10.7. The number of nitrogens with zero attached hydrogens (tertiary/aromatic N) is 2. The van der Waals surface area contributed by atoms with Crippen molar-refractivity contribution in [2.45, 2.75) is 40.0 Å². The number of nitrogens with one attached hydrogen (secondary N) is 3. The molecule has 0 spiro atoms. The summed E-state index contributed by atoms with van der Waals surface area (Å²) in [4.78, 5) is 21.6. The van der Waals surface area contributed by atoms with E-state index in [0.29, 0.717) is 19.5 Å². The largest absolute Gasteiger partial charge is 0.357 e. The van der Waals surface area contributed by atoms with Crippen molar-refractivity contribution < 1.29 is 4.79 Å². The van der Waals surface area contributed by atoms with E-state index in [2.05, 4.69) is 32.9 Å². The van der Waals surface area contributed by atoms with E-state index in [1.807, 2.05) is 20.0 Å². The van der Waals surface area contributed by atoms with Gasteiger partial charge >= 0.3 is 0 Å². The first-order valence-corrected chi connectivity index (χ1v) is 8.67. The zero-order chi connectivity index (χ0) is 16.2. The van der Waals surface area contributed by atoms with Crippen LogP contribution in [0.25, 0.3) is 0 Å². The Morgan fingerprint density at radius 1 is 1.26 bits per heavy atom. The average molecular weight is 453 g/mol. The lowest BCUT2D eigenvalue weighted by atomic mass is 10.4. The van der Waals surface area contributed by atoms with Crippen LogP contribution >= 0.6 is 35.3 Å². The fourth-order valence-electron chi connectivity index (χ4n) is 1.77. The quantitative estimate of drug-likeness (QED) is 0.304. The molecule has 0 aromatic carbocycles. The molecule has 0 radical (unpaired) electrons. The molecule has 0 aliphatic carbocycles. The molecular weight excluding hydrogens is 425 g/mol. The molecule has 0 saturated heterocycles. The van der Waals surface area contributed by atoms with Gasteiger partial charge in [0.2, 0.25) is 5.91 Å². The number of carbonyl (C=O) groups excluding carboxylic acids is 1. The van der Waals surface area contributed by atoms with Crippen molar-refractivity contribution in [2.75, 3.05) is 26.2 Å². The highest BCUT2D eigenvalue weighted by molar-refractivity contribution is 14.0. The van der Waals surface area contributed by atoms with Gasteiger partial charge in [-0.1, -0.05) is 6.92 Å². The first kappa shape index (κ1) is 22.1. The summed E-state index contributed by atoms with van der Waals surface area (Å²) in [7, 11) is 0. The molecule has 23 heavy (non-hydrogen) atoms. The van der Waals surface area contributed by atoms with Gasteiger partial charge in [0.25, 0.3) is 0 Å². The van der Waals surface area contributed by atoms with Gasteiger partial charge in [-0.2, -0.15) is 0 Å². The number of guanidine groups is 1. The molecule has 1 heterocycles. The second-order valence-electron chi connectivity index (χ2n) is 4.90. The molecule has 0 atom stereocenters. The van der Waals surface area contributed by atoms with E-state index in [4.69, 9.17) is 0 Å². The molecule has 0 saturated carbocycles. The third-order valence-electron chi connectivity index (χ3n) is 2.83. The second-order valence-corrected chi connectivity index (χ2v) is 6.22. The van der Waals surface area contributed by atoms with Crippen LogP contribution < -0.4 is 16.0 Å². The number of hydrogen-bond acceptors (Lipinski definition) is 4. The third-order valence-corrected chi connectivity index (χ3v) is 3.80. The van der Waals surface area contributed by atoms with Gasteiger partial charge in [-0.05, 0) is 20.3 Å². The van der Waals surface area contributed by atoms with Crippen LogP contribution in [0, 0.1) is 6.92 Å². The number of halogens is 1. The molecule has 1 aromatic rings. The van der Waals surface area contributed by atoms with Gasteiger partial charge in [-0.15, -0.1) is 35.3 Å². The Morgan fingerprint density at radius 3 is 2.65 bits per heavy atom. The highest BCUT2D eigenvalue weighted by Gasteiger charge is 2.02. The first-order valence-electron chi connectivity index (χ1n) is 7.85. The molecule has 1 rings (SSSR count). The topological polar surface area (TPSA) is 78.4 Å². The molecule has 132 valence electrons. The predicted octanol–water partition coefficient (Wildman–Crippen LogP) is 2.08. The number of rotatable bonds is 9. The molecule has 0 aliphatic rings. The maximum absolute atomic E-state index is 11.5. The fraction of sp³-hybridized carbons (Fsp3) is 0.667. The summed E-state index contributed by atoms with van der Waals surface area (Å²) in [5.74, 6) is 0.822. The highest BCUT2D eigenvalue weighted by Crippen LogP contribution is 2.11. The number of aryl methyl sites for hydroxylation is 1. The number of amides is 1. The molecule has 0 unspecified atom stereocenters. The molecule has 0 bridgehead atoms.